The summed E-state index contributed by atoms with van der Waals surface area (Å²) in [6.07, 6.45) is 3.29. The maximum Gasteiger partial charge on any atom is 0.128 e. The Hall–Kier alpha value is -1.41. The van der Waals surface area contributed by atoms with Crippen molar-refractivity contribution in [3.05, 3.63) is 70.3 Å². The van der Waals surface area contributed by atoms with E-state index < -0.39 is 17.0 Å². The molecule has 0 radical (unpaired) electrons. The standard InChI is InChI=1S/C16H13ClF2/c17-16(14-9-13(18)6-7-15(14)19)12-5-4-10-2-1-3-11(10)8-12/h4-9,16H,1-3H2. The third kappa shape index (κ3) is 2.37. The summed E-state index contributed by atoms with van der Waals surface area (Å²) in [6.45, 7) is 0. The first-order chi connectivity index (χ1) is 9.15. The molecular weight excluding hydrogens is 266 g/mol. The highest BCUT2D eigenvalue weighted by atomic mass is 35.5. The molecule has 2 aromatic rings. The Morgan fingerprint density at radius 1 is 0.947 bits per heavy atom. The fraction of sp³-hybridized carbons (Fsp3) is 0.250. The average molecular weight is 279 g/mol. The molecule has 19 heavy (non-hydrogen) atoms. The molecule has 1 aliphatic carbocycles. The highest BCUT2D eigenvalue weighted by molar-refractivity contribution is 6.22. The lowest BCUT2D eigenvalue weighted by Gasteiger charge is -2.13. The summed E-state index contributed by atoms with van der Waals surface area (Å²) in [5.74, 6) is -0.940. The van der Waals surface area contributed by atoms with E-state index in [1.807, 2.05) is 18.2 Å². The van der Waals surface area contributed by atoms with Crippen molar-refractivity contribution < 1.29 is 8.78 Å². The van der Waals surface area contributed by atoms with Gasteiger partial charge >= 0.3 is 0 Å². The van der Waals surface area contributed by atoms with Crippen LogP contribution in [0.25, 0.3) is 0 Å². The van der Waals surface area contributed by atoms with E-state index in [1.165, 1.54) is 17.2 Å². The van der Waals surface area contributed by atoms with E-state index >= 15 is 0 Å². The Morgan fingerprint density at radius 3 is 2.58 bits per heavy atom. The van der Waals surface area contributed by atoms with Crippen LogP contribution in [0.5, 0.6) is 0 Å². The average Bonchev–Trinajstić information content (AvgIpc) is 2.88. The Labute approximate surface area is 116 Å². The predicted octanol–water partition coefficient (Wildman–Crippen LogP) is 4.78. The van der Waals surface area contributed by atoms with E-state index in [4.69, 9.17) is 11.6 Å². The molecular formula is C16H13ClF2. The van der Waals surface area contributed by atoms with Gasteiger partial charge in [0.15, 0.2) is 0 Å². The van der Waals surface area contributed by atoms with Crippen molar-refractivity contribution in [3.63, 3.8) is 0 Å². The molecule has 3 heteroatoms. The molecule has 0 amide bonds. The molecule has 0 aliphatic heterocycles. The maximum absolute atomic E-state index is 13.7. The van der Waals surface area contributed by atoms with E-state index in [0.29, 0.717) is 0 Å². The fourth-order valence-corrected chi connectivity index (χ4v) is 2.94. The minimum atomic E-state index is -0.651. The molecule has 0 heterocycles. The van der Waals surface area contributed by atoms with Gasteiger partial charge in [-0.2, -0.15) is 0 Å². The van der Waals surface area contributed by atoms with Crippen LogP contribution >= 0.6 is 11.6 Å². The van der Waals surface area contributed by atoms with E-state index in [2.05, 4.69) is 0 Å². The van der Waals surface area contributed by atoms with Crippen molar-refractivity contribution in [2.45, 2.75) is 24.6 Å². The highest BCUT2D eigenvalue weighted by Crippen LogP contribution is 2.33. The first kappa shape index (κ1) is 12.6. The van der Waals surface area contributed by atoms with Gasteiger partial charge in [-0.25, -0.2) is 8.78 Å². The first-order valence-electron chi connectivity index (χ1n) is 6.36. The summed E-state index contributed by atoms with van der Waals surface area (Å²) in [6, 6.07) is 9.36. The van der Waals surface area contributed by atoms with Gasteiger partial charge in [-0.3, -0.25) is 0 Å². The molecule has 0 bridgehead atoms. The van der Waals surface area contributed by atoms with Crippen LogP contribution in [0.4, 0.5) is 8.78 Å². The summed E-state index contributed by atoms with van der Waals surface area (Å²) in [5.41, 5.74) is 3.64. The van der Waals surface area contributed by atoms with Crippen molar-refractivity contribution in [3.8, 4) is 0 Å². The number of aryl methyl sites for hydroxylation is 2. The second kappa shape index (κ2) is 4.93. The Balaban J connectivity index is 1.99. The lowest BCUT2D eigenvalue weighted by Crippen LogP contribution is -1.99. The van der Waals surface area contributed by atoms with Crippen molar-refractivity contribution >= 4 is 11.6 Å². The normalized spacial score (nSPS) is 15.3. The van der Waals surface area contributed by atoms with Crippen LogP contribution in [-0.4, -0.2) is 0 Å². The van der Waals surface area contributed by atoms with Gasteiger partial charge in [-0.05, 0) is 54.2 Å². The molecule has 0 N–H and O–H groups in total. The molecule has 2 aromatic carbocycles. The monoisotopic (exact) mass is 278 g/mol. The van der Waals surface area contributed by atoms with Crippen LogP contribution in [0.2, 0.25) is 0 Å². The summed E-state index contributed by atoms with van der Waals surface area (Å²) < 4.78 is 26.9. The molecule has 0 fully saturated rings. The second-order valence-corrected chi connectivity index (χ2v) is 5.35. The molecule has 0 nitrogen and oxygen atoms in total. The molecule has 1 aliphatic rings. The van der Waals surface area contributed by atoms with Crippen molar-refractivity contribution in [2.75, 3.05) is 0 Å². The van der Waals surface area contributed by atoms with Crippen molar-refractivity contribution in [1.82, 2.24) is 0 Å². The number of alkyl halides is 1. The molecule has 0 saturated carbocycles. The predicted molar refractivity (Wildman–Crippen MR) is 72.5 cm³/mol. The van der Waals surface area contributed by atoms with Crippen molar-refractivity contribution in [2.24, 2.45) is 0 Å². The fourth-order valence-electron chi connectivity index (χ4n) is 2.64. The topological polar surface area (TPSA) is 0 Å². The quantitative estimate of drug-likeness (QED) is 0.694. The van der Waals surface area contributed by atoms with E-state index in [-0.39, 0.29) is 5.56 Å². The molecule has 3 rings (SSSR count). The zero-order chi connectivity index (χ0) is 13.4. The van der Waals surface area contributed by atoms with Crippen LogP contribution in [0.3, 0.4) is 0 Å². The summed E-state index contributed by atoms with van der Waals surface area (Å²) in [5, 5.41) is -0.651. The highest BCUT2D eigenvalue weighted by Gasteiger charge is 2.19. The maximum atomic E-state index is 13.7. The van der Waals surface area contributed by atoms with Gasteiger partial charge in [0.1, 0.15) is 11.6 Å². The van der Waals surface area contributed by atoms with Crippen LogP contribution in [0.1, 0.15) is 34.1 Å². The zero-order valence-electron chi connectivity index (χ0n) is 10.3. The van der Waals surface area contributed by atoms with E-state index in [9.17, 15) is 8.78 Å². The number of fused-ring (bicyclic) bond motifs is 1. The number of benzene rings is 2. The zero-order valence-corrected chi connectivity index (χ0v) is 11.1. The summed E-state index contributed by atoms with van der Waals surface area (Å²) >= 11 is 6.30. The molecule has 98 valence electrons. The SMILES string of the molecule is Fc1ccc(F)c(C(Cl)c2ccc3c(c2)CCC3)c1. The number of hydrogen-bond acceptors (Lipinski definition) is 0. The summed E-state index contributed by atoms with van der Waals surface area (Å²) in [4.78, 5) is 0. The van der Waals surface area contributed by atoms with Gasteiger partial charge in [0.25, 0.3) is 0 Å². The number of halogens is 3. The number of hydrogen-bond donors (Lipinski definition) is 0. The van der Waals surface area contributed by atoms with Gasteiger partial charge < -0.3 is 0 Å². The van der Waals surface area contributed by atoms with Gasteiger partial charge in [0.05, 0.1) is 5.38 Å². The van der Waals surface area contributed by atoms with Gasteiger partial charge in [0.2, 0.25) is 0 Å². The first-order valence-corrected chi connectivity index (χ1v) is 6.79. The lowest BCUT2D eigenvalue weighted by molar-refractivity contribution is 0.587. The number of rotatable bonds is 2. The molecule has 1 atom stereocenters. The van der Waals surface area contributed by atoms with Crippen molar-refractivity contribution in [1.29, 1.82) is 0 Å². The van der Waals surface area contributed by atoms with E-state index in [0.717, 1.165) is 37.0 Å². The van der Waals surface area contributed by atoms with Gasteiger partial charge in [-0.15, -0.1) is 11.6 Å². The van der Waals surface area contributed by atoms with Gasteiger partial charge in [-0.1, -0.05) is 18.2 Å². The minimum absolute atomic E-state index is 0.194. The van der Waals surface area contributed by atoms with Crippen LogP contribution in [0.15, 0.2) is 36.4 Å². The Kier molecular flexibility index (Phi) is 3.28. The smallest absolute Gasteiger partial charge is 0.128 e. The molecule has 1 unspecified atom stereocenters. The Bertz CT molecular complexity index is 622. The Morgan fingerprint density at radius 2 is 1.74 bits per heavy atom. The molecule has 0 saturated heterocycles. The van der Waals surface area contributed by atoms with Crippen LogP contribution < -0.4 is 0 Å². The summed E-state index contributed by atoms with van der Waals surface area (Å²) in [7, 11) is 0. The molecule has 0 aromatic heterocycles. The van der Waals surface area contributed by atoms with E-state index in [1.54, 1.807) is 0 Å². The van der Waals surface area contributed by atoms with Crippen LogP contribution in [0, 0.1) is 11.6 Å². The third-order valence-electron chi connectivity index (χ3n) is 3.65. The molecule has 0 spiro atoms. The van der Waals surface area contributed by atoms with Crippen LogP contribution in [-0.2, 0) is 12.8 Å². The van der Waals surface area contributed by atoms with Gasteiger partial charge in [0, 0.05) is 5.56 Å². The largest absolute Gasteiger partial charge is 0.207 e. The third-order valence-corrected chi connectivity index (χ3v) is 4.13. The minimum Gasteiger partial charge on any atom is -0.207 e. The second-order valence-electron chi connectivity index (χ2n) is 4.91. The lowest BCUT2D eigenvalue weighted by atomic mass is 9.99.